The highest BCUT2D eigenvalue weighted by atomic mass is 35.5. The fourth-order valence-electron chi connectivity index (χ4n) is 2.35. The van der Waals surface area contributed by atoms with Crippen LogP contribution in [0.15, 0.2) is 48.7 Å². The molecular weight excluding hydrogens is 367 g/mol. The summed E-state index contributed by atoms with van der Waals surface area (Å²) >= 11 is 5.86. The smallest absolute Gasteiger partial charge is 0.225 e. The summed E-state index contributed by atoms with van der Waals surface area (Å²) in [4.78, 5) is 15.4. The van der Waals surface area contributed by atoms with Gasteiger partial charge in [0.15, 0.2) is 0 Å². The van der Waals surface area contributed by atoms with Gasteiger partial charge in [-0.2, -0.15) is 4.98 Å². The molecular formula is C19H20ClFN6. The molecule has 0 amide bonds. The van der Waals surface area contributed by atoms with Gasteiger partial charge >= 0.3 is 0 Å². The molecule has 2 aromatic heterocycles. The van der Waals surface area contributed by atoms with E-state index in [-0.39, 0.29) is 5.02 Å². The average Bonchev–Trinajstić information content (AvgIpc) is 2.65. The Morgan fingerprint density at radius 1 is 1.07 bits per heavy atom. The molecule has 3 aromatic rings. The summed E-state index contributed by atoms with van der Waals surface area (Å²) in [5.41, 5.74) is 2.04. The summed E-state index contributed by atoms with van der Waals surface area (Å²) in [5, 5.41) is 6.40. The van der Waals surface area contributed by atoms with Crippen molar-refractivity contribution in [2.45, 2.75) is 0 Å². The molecule has 1 aromatic carbocycles. The number of anilines is 3. The number of halogens is 2. The van der Waals surface area contributed by atoms with Gasteiger partial charge in [0.2, 0.25) is 5.95 Å². The topological polar surface area (TPSA) is 66.0 Å². The number of pyridine rings is 1. The van der Waals surface area contributed by atoms with Gasteiger partial charge in [-0.3, -0.25) is 4.98 Å². The molecule has 8 heteroatoms. The molecule has 140 valence electrons. The van der Waals surface area contributed by atoms with Gasteiger partial charge in [-0.15, -0.1) is 0 Å². The number of nitrogens with one attached hydrogen (secondary N) is 2. The average molecular weight is 387 g/mol. The molecule has 0 unspecified atom stereocenters. The van der Waals surface area contributed by atoms with Crippen LogP contribution in [0.1, 0.15) is 0 Å². The summed E-state index contributed by atoms with van der Waals surface area (Å²) in [6.45, 7) is 1.54. The summed E-state index contributed by atoms with van der Waals surface area (Å²) < 4.78 is 13.4. The summed E-state index contributed by atoms with van der Waals surface area (Å²) in [7, 11) is 4.00. The maximum Gasteiger partial charge on any atom is 0.225 e. The number of rotatable bonds is 7. The number of aromatic nitrogens is 3. The van der Waals surface area contributed by atoms with E-state index in [1.807, 2.05) is 32.3 Å². The van der Waals surface area contributed by atoms with E-state index in [0.29, 0.717) is 29.7 Å². The van der Waals surface area contributed by atoms with Crippen LogP contribution < -0.4 is 10.6 Å². The third-order valence-corrected chi connectivity index (χ3v) is 3.98. The Kier molecular flexibility index (Phi) is 6.16. The second-order valence-electron chi connectivity index (χ2n) is 6.16. The van der Waals surface area contributed by atoms with Gasteiger partial charge in [0.25, 0.3) is 0 Å². The lowest BCUT2D eigenvalue weighted by atomic mass is 10.2. The first kappa shape index (κ1) is 19.0. The van der Waals surface area contributed by atoms with E-state index in [4.69, 9.17) is 11.6 Å². The standard InChI is InChI=1S/C19H20ClFN6/c1-27(2)10-9-23-19-25-17(16-5-3-4-8-22-16)12-18(26-19)24-13-6-7-15(21)14(20)11-13/h3-8,11-12H,9-10H2,1-2H3,(H2,23,24,25,26). The monoisotopic (exact) mass is 386 g/mol. The molecule has 0 fully saturated rings. The summed E-state index contributed by atoms with van der Waals surface area (Å²) in [5.74, 6) is 0.571. The van der Waals surface area contributed by atoms with Crippen LogP contribution in [0.5, 0.6) is 0 Å². The van der Waals surface area contributed by atoms with E-state index in [2.05, 4.69) is 30.5 Å². The fraction of sp³-hybridized carbons (Fsp3) is 0.211. The minimum absolute atomic E-state index is 0.0448. The first-order valence-corrected chi connectivity index (χ1v) is 8.80. The maximum absolute atomic E-state index is 13.4. The molecule has 3 rings (SSSR count). The zero-order chi connectivity index (χ0) is 19.2. The van der Waals surface area contributed by atoms with Crippen LogP contribution in [0.2, 0.25) is 5.02 Å². The molecule has 0 spiro atoms. The molecule has 27 heavy (non-hydrogen) atoms. The summed E-state index contributed by atoms with van der Waals surface area (Å²) in [6, 6.07) is 11.8. The highest BCUT2D eigenvalue weighted by Crippen LogP contribution is 2.25. The zero-order valence-electron chi connectivity index (χ0n) is 15.1. The number of likely N-dealkylation sites (N-methyl/N-ethyl adjacent to an activating group) is 1. The first-order chi connectivity index (χ1) is 13.0. The third kappa shape index (κ3) is 5.35. The van der Waals surface area contributed by atoms with Crippen LogP contribution in [-0.2, 0) is 0 Å². The lowest BCUT2D eigenvalue weighted by Gasteiger charge is -2.13. The lowest BCUT2D eigenvalue weighted by molar-refractivity contribution is 0.425. The zero-order valence-corrected chi connectivity index (χ0v) is 15.8. The van der Waals surface area contributed by atoms with Crippen LogP contribution in [0, 0.1) is 5.82 Å². The Bertz CT molecular complexity index is 904. The molecule has 0 atom stereocenters. The van der Waals surface area contributed by atoms with Crippen molar-refractivity contribution in [3.8, 4) is 11.4 Å². The molecule has 0 radical (unpaired) electrons. The van der Waals surface area contributed by atoms with Crippen molar-refractivity contribution < 1.29 is 4.39 Å². The van der Waals surface area contributed by atoms with Gasteiger partial charge in [-0.1, -0.05) is 17.7 Å². The molecule has 0 saturated heterocycles. The lowest BCUT2D eigenvalue weighted by Crippen LogP contribution is -2.21. The number of nitrogens with zero attached hydrogens (tertiary/aromatic N) is 4. The van der Waals surface area contributed by atoms with Gasteiger partial charge in [-0.25, -0.2) is 9.37 Å². The molecule has 2 heterocycles. The van der Waals surface area contributed by atoms with Crippen molar-refractivity contribution in [1.29, 1.82) is 0 Å². The predicted octanol–water partition coefficient (Wildman–Crippen LogP) is 4.05. The fourth-order valence-corrected chi connectivity index (χ4v) is 2.53. The SMILES string of the molecule is CN(C)CCNc1nc(Nc2ccc(F)c(Cl)c2)cc(-c2ccccn2)n1. The number of hydrogen-bond acceptors (Lipinski definition) is 6. The van der Waals surface area contributed by atoms with Gasteiger partial charge in [-0.05, 0) is 44.4 Å². The Morgan fingerprint density at radius 3 is 2.63 bits per heavy atom. The molecule has 0 bridgehead atoms. The second-order valence-corrected chi connectivity index (χ2v) is 6.57. The molecule has 0 aliphatic carbocycles. The van der Waals surface area contributed by atoms with Gasteiger partial charge < -0.3 is 15.5 Å². The van der Waals surface area contributed by atoms with E-state index in [1.165, 1.54) is 12.1 Å². The molecule has 0 aliphatic rings. The van der Waals surface area contributed by atoms with E-state index in [0.717, 1.165) is 12.2 Å². The van der Waals surface area contributed by atoms with Crippen molar-refractivity contribution in [2.75, 3.05) is 37.8 Å². The molecule has 6 nitrogen and oxygen atoms in total. The third-order valence-electron chi connectivity index (χ3n) is 3.69. The van der Waals surface area contributed by atoms with E-state index in [9.17, 15) is 4.39 Å². The Balaban J connectivity index is 1.90. The molecule has 2 N–H and O–H groups in total. The predicted molar refractivity (Wildman–Crippen MR) is 107 cm³/mol. The van der Waals surface area contributed by atoms with Crippen molar-refractivity contribution in [1.82, 2.24) is 19.9 Å². The van der Waals surface area contributed by atoms with Crippen molar-refractivity contribution >= 4 is 29.1 Å². The van der Waals surface area contributed by atoms with Crippen molar-refractivity contribution in [3.63, 3.8) is 0 Å². The van der Waals surface area contributed by atoms with Crippen LogP contribution >= 0.6 is 11.6 Å². The van der Waals surface area contributed by atoms with E-state index >= 15 is 0 Å². The molecule has 0 aliphatic heterocycles. The normalized spacial score (nSPS) is 10.9. The molecule has 0 saturated carbocycles. The highest BCUT2D eigenvalue weighted by molar-refractivity contribution is 6.31. The number of hydrogen-bond donors (Lipinski definition) is 2. The van der Waals surface area contributed by atoms with Crippen LogP contribution in [0.3, 0.4) is 0 Å². The Labute approximate surface area is 162 Å². The minimum Gasteiger partial charge on any atom is -0.353 e. The van der Waals surface area contributed by atoms with Gasteiger partial charge in [0.1, 0.15) is 11.6 Å². The van der Waals surface area contributed by atoms with E-state index < -0.39 is 5.82 Å². The first-order valence-electron chi connectivity index (χ1n) is 8.42. The van der Waals surface area contributed by atoms with Gasteiger partial charge in [0, 0.05) is 31.0 Å². The maximum atomic E-state index is 13.4. The van der Waals surface area contributed by atoms with Crippen molar-refractivity contribution in [3.05, 3.63) is 59.5 Å². The van der Waals surface area contributed by atoms with Crippen LogP contribution in [0.4, 0.5) is 21.8 Å². The Morgan fingerprint density at radius 2 is 1.93 bits per heavy atom. The number of benzene rings is 1. The highest BCUT2D eigenvalue weighted by Gasteiger charge is 2.09. The van der Waals surface area contributed by atoms with E-state index in [1.54, 1.807) is 18.3 Å². The quantitative estimate of drug-likeness (QED) is 0.638. The van der Waals surface area contributed by atoms with Crippen LogP contribution in [-0.4, -0.2) is 47.0 Å². The van der Waals surface area contributed by atoms with Crippen LogP contribution in [0.25, 0.3) is 11.4 Å². The summed E-state index contributed by atoms with van der Waals surface area (Å²) in [6.07, 6.45) is 1.71. The minimum atomic E-state index is -0.467. The van der Waals surface area contributed by atoms with Gasteiger partial charge in [0.05, 0.1) is 16.4 Å². The van der Waals surface area contributed by atoms with Crippen molar-refractivity contribution in [2.24, 2.45) is 0 Å². The second kappa shape index (κ2) is 8.75. The Hall–Kier alpha value is -2.77. The largest absolute Gasteiger partial charge is 0.353 e.